The molecule has 2 aromatic carbocycles. The minimum absolute atomic E-state index is 0.157. The van der Waals surface area contributed by atoms with Crippen molar-refractivity contribution in [3.05, 3.63) is 84.7 Å². The Kier molecular flexibility index (Phi) is 4.99. The highest BCUT2D eigenvalue weighted by Gasteiger charge is 2.24. The highest BCUT2D eigenvalue weighted by Crippen LogP contribution is 2.26. The maximum Gasteiger partial charge on any atom is 0.264 e. The molecule has 0 fully saturated rings. The molecule has 0 aliphatic carbocycles. The van der Waals surface area contributed by atoms with Gasteiger partial charge in [-0.05, 0) is 36.4 Å². The van der Waals surface area contributed by atoms with Gasteiger partial charge in [0.05, 0.1) is 28.0 Å². The van der Waals surface area contributed by atoms with E-state index in [-0.39, 0.29) is 16.1 Å². The van der Waals surface area contributed by atoms with Crippen molar-refractivity contribution in [1.82, 2.24) is 4.98 Å². The number of hydrogen-bond acceptors (Lipinski definition) is 4. The van der Waals surface area contributed by atoms with Gasteiger partial charge in [0.15, 0.2) is 0 Å². The molecule has 0 atom stereocenters. The Morgan fingerprint density at radius 2 is 1.65 bits per heavy atom. The van der Waals surface area contributed by atoms with Gasteiger partial charge >= 0.3 is 0 Å². The summed E-state index contributed by atoms with van der Waals surface area (Å²) in [5.74, 6) is -0.413. The quantitative estimate of drug-likeness (QED) is 0.751. The van der Waals surface area contributed by atoms with E-state index in [0.717, 1.165) is 4.31 Å². The van der Waals surface area contributed by atoms with E-state index in [0.29, 0.717) is 5.69 Å². The molecule has 0 unspecified atom stereocenters. The molecule has 7 heteroatoms. The predicted octanol–water partition coefficient (Wildman–Crippen LogP) is 3.16. The molecule has 0 aliphatic heterocycles. The van der Waals surface area contributed by atoms with E-state index < -0.39 is 15.9 Å². The lowest BCUT2D eigenvalue weighted by atomic mass is 10.1. The number of nitrogens with one attached hydrogen (secondary N) is 1. The zero-order chi connectivity index (χ0) is 18.6. The van der Waals surface area contributed by atoms with Crippen LogP contribution in [0.4, 0.5) is 11.4 Å². The lowest BCUT2D eigenvalue weighted by molar-refractivity contribution is 0.102. The minimum atomic E-state index is -3.78. The van der Waals surface area contributed by atoms with Crippen LogP contribution >= 0.6 is 0 Å². The third kappa shape index (κ3) is 3.57. The fraction of sp³-hybridized carbons (Fsp3) is 0.0526. The average molecular weight is 367 g/mol. The van der Waals surface area contributed by atoms with Gasteiger partial charge in [0, 0.05) is 13.2 Å². The van der Waals surface area contributed by atoms with Crippen molar-refractivity contribution in [3.63, 3.8) is 0 Å². The number of amides is 1. The first kappa shape index (κ1) is 17.6. The van der Waals surface area contributed by atoms with Gasteiger partial charge in [0.2, 0.25) is 0 Å². The number of carbonyl (C=O) groups is 1. The molecule has 1 amide bonds. The number of para-hydroxylation sites is 1. The van der Waals surface area contributed by atoms with Crippen molar-refractivity contribution in [1.29, 1.82) is 0 Å². The normalized spacial score (nSPS) is 11.0. The zero-order valence-corrected chi connectivity index (χ0v) is 14.8. The van der Waals surface area contributed by atoms with E-state index in [9.17, 15) is 13.2 Å². The molecule has 0 spiro atoms. The van der Waals surface area contributed by atoms with Crippen molar-refractivity contribution in [2.24, 2.45) is 0 Å². The topological polar surface area (TPSA) is 79.4 Å². The maximum atomic E-state index is 12.8. The Hall–Kier alpha value is -3.19. The van der Waals surface area contributed by atoms with Gasteiger partial charge in [-0.15, -0.1) is 0 Å². The smallest absolute Gasteiger partial charge is 0.264 e. The van der Waals surface area contributed by atoms with E-state index >= 15 is 0 Å². The number of rotatable bonds is 5. The maximum absolute atomic E-state index is 12.8. The molecule has 132 valence electrons. The second kappa shape index (κ2) is 7.37. The van der Waals surface area contributed by atoms with Crippen LogP contribution in [0, 0.1) is 0 Å². The number of benzene rings is 2. The van der Waals surface area contributed by atoms with Crippen molar-refractivity contribution < 1.29 is 13.2 Å². The predicted molar refractivity (Wildman–Crippen MR) is 101 cm³/mol. The van der Waals surface area contributed by atoms with Gasteiger partial charge in [-0.25, -0.2) is 8.42 Å². The third-order valence-corrected chi connectivity index (χ3v) is 5.59. The number of anilines is 2. The number of hydrogen-bond donors (Lipinski definition) is 1. The molecule has 3 rings (SSSR count). The van der Waals surface area contributed by atoms with Crippen LogP contribution in [0.15, 0.2) is 84.0 Å². The number of aromatic nitrogens is 1. The van der Waals surface area contributed by atoms with E-state index in [2.05, 4.69) is 10.3 Å². The van der Waals surface area contributed by atoms with Gasteiger partial charge in [-0.1, -0.05) is 30.3 Å². The van der Waals surface area contributed by atoms with Crippen LogP contribution in [0.5, 0.6) is 0 Å². The molecule has 1 aromatic heterocycles. The summed E-state index contributed by atoms with van der Waals surface area (Å²) in [4.78, 5) is 16.7. The van der Waals surface area contributed by atoms with Crippen LogP contribution in [0.1, 0.15) is 10.4 Å². The van der Waals surface area contributed by atoms with Gasteiger partial charge in [0.1, 0.15) is 0 Å². The Bertz CT molecular complexity index is 1010. The number of pyridine rings is 1. The Morgan fingerprint density at radius 3 is 2.35 bits per heavy atom. The molecule has 0 saturated heterocycles. The SMILES string of the molecule is CN(c1ccccc1C(=O)Nc1cccnc1)S(=O)(=O)c1ccccc1. The lowest BCUT2D eigenvalue weighted by Gasteiger charge is -2.22. The summed E-state index contributed by atoms with van der Waals surface area (Å²) in [6, 6.07) is 18.0. The summed E-state index contributed by atoms with van der Waals surface area (Å²) in [6.07, 6.45) is 3.12. The number of carbonyl (C=O) groups excluding carboxylic acids is 1. The fourth-order valence-corrected chi connectivity index (χ4v) is 3.69. The summed E-state index contributed by atoms with van der Waals surface area (Å²) in [6.45, 7) is 0. The molecule has 1 N–H and O–H groups in total. The van der Waals surface area contributed by atoms with Crippen LogP contribution in [-0.4, -0.2) is 26.4 Å². The van der Waals surface area contributed by atoms with Crippen molar-refractivity contribution in [2.45, 2.75) is 4.90 Å². The first-order chi connectivity index (χ1) is 12.5. The van der Waals surface area contributed by atoms with E-state index in [1.54, 1.807) is 60.8 Å². The highest BCUT2D eigenvalue weighted by atomic mass is 32.2. The molecule has 26 heavy (non-hydrogen) atoms. The molecular weight excluding hydrogens is 350 g/mol. The largest absolute Gasteiger partial charge is 0.321 e. The van der Waals surface area contributed by atoms with Gasteiger partial charge < -0.3 is 5.32 Å². The molecule has 6 nitrogen and oxygen atoms in total. The van der Waals surface area contributed by atoms with Crippen molar-refractivity contribution in [3.8, 4) is 0 Å². The Balaban J connectivity index is 1.95. The lowest BCUT2D eigenvalue weighted by Crippen LogP contribution is -2.29. The van der Waals surface area contributed by atoms with Crippen LogP contribution in [-0.2, 0) is 10.0 Å². The summed E-state index contributed by atoms with van der Waals surface area (Å²) >= 11 is 0. The third-order valence-electron chi connectivity index (χ3n) is 3.81. The first-order valence-electron chi connectivity index (χ1n) is 7.84. The van der Waals surface area contributed by atoms with Crippen molar-refractivity contribution in [2.75, 3.05) is 16.7 Å². The molecule has 0 aliphatic rings. The molecular formula is C19H17N3O3S. The number of sulfonamides is 1. The molecule has 1 heterocycles. The zero-order valence-electron chi connectivity index (χ0n) is 14.0. The van der Waals surface area contributed by atoms with E-state index in [1.165, 1.54) is 25.4 Å². The average Bonchev–Trinajstić information content (AvgIpc) is 2.69. The van der Waals surface area contributed by atoms with Crippen LogP contribution in [0.2, 0.25) is 0 Å². The summed E-state index contributed by atoms with van der Waals surface area (Å²) in [7, 11) is -2.35. The monoisotopic (exact) mass is 367 g/mol. The Labute approximate surface area is 152 Å². The Morgan fingerprint density at radius 1 is 0.962 bits per heavy atom. The van der Waals surface area contributed by atoms with E-state index in [1.807, 2.05) is 0 Å². The summed E-state index contributed by atoms with van der Waals surface area (Å²) in [5.41, 5.74) is 1.07. The first-order valence-corrected chi connectivity index (χ1v) is 9.28. The molecule has 0 bridgehead atoms. The van der Waals surface area contributed by atoms with Gasteiger partial charge in [-0.3, -0.25) is 14.1 Å². The summed E-state index contributed by atoms with van der Waals surface area (Å²) in [5, 5.41) is 2.72. The fourth-order valence-electron chi connectivity index (χ4n) is 2.46. The van der Waals surface area contributed by atoms with Gasteiger partial charge in [-0.2, -0.15) is 0 Å². The van der Waals surface area contributed by atoms with Crippen LogP contribution < -0.4 is 9.62 Å². The molecule has 0 saturated carbocycles. The molecule has 3 aromatic rings. The van der Waals surface area contributed by atoms with Crippen LogP contribution in [0.3, 0.4) is 0 Å². The standard InChI is InChI=1S/C19H17N3O3S/c1-22(26(24,25)16-9-3-2-4-10-16)18-12-6-5-11-17(18)19(23)21-15-8-7-13-20-14-15/h2-14H,1H3,(H,21,23). The van der Waals surface area contributed by atoms with Crippen LogP contribution in [0.25, 0.3) is 0 Å². The van der Waals surface area contributed by atoms with Crippen molar-refractivity contribution >= 4 is 27.3 Å². The molecule has 0 radical (unpaired) electrons. The minimum Gasteiger partial charge on any atom is -0.321 e. The van der Waals surface area contributed by atoms with E-state index in [4.69, 9.17) is 0 Å². The second-order valence-electron chi connectivity index (χ2n) is 5.50. The van der Waals surface area contributed by atoms with Gasteiger partial charge in [0.25, 0.3) is 15.9 Å². The second-order valence-corrected chi connectivity index (χ2v) is 7.47. The number of nitrogens with zero attached hydrogens (tertiary/aromatic N) is 2. The summed E-state index contributed by atoms with van der Waals surface area (Å²) < 4.78 is 26.8. The highest BCUT2D eigenvalue weighted by molar-refractivity contribution is 7.92.